The number of rotatable bonds is 4. The molecule has 0 aliphatic carbocycles. The predicted octanol–water partition coefficient (Wildman–Crippen LogP) is 1.68. The Morgan fingerprint density at radius 1 is 1.46 bits per heavy atom. The van der Waals surface area contributed by atoms with E-state index in [1.54, 1.807) is 12.2 Å². The molecule has 0 bridgehead atoms. The first-order valence-corrected chi connectivity index (χ1v) is 3.93. The van der Waals surface area contributed by atoms with Crippen LogP contribution in [0, 0.1) is 6.08 Å². The Morgan fingerprint density at radius 2 is 2.00 bits per heavy atom. The molecule has 0 fully saturated rings. The fourth-order valence-electron chi connectivity index (χ4n) is 1.29. The van der Waals surface area contributed by atoms with E-state index in [-0.39, 0.29) is 5.76 Å². The van der Waals surface area contributed by atoms with E-state index in [9.17, 15) is 9.90 Å². The number of esters is 1. The van der Waals surface area contributed by atoms with Crippen molar-refractivity contribution in [1.29, 1.82) is 0 Å². The molecule has 1 N–H and O–H groups in total. The Morgan fingerprint density at radius 3 is 2.31 bits per heavy atom. The number of aliphatic hydroxyl groups is 1. The number of carbonyl (C=O) groups is 1. The van der Waals surface area contributed by atoms with Crippen LogP contribution < -0.4 is 0 Å². The molecule has 1 aliphatic rings. The lowest BCUT2D eigenvalue weighted by molar-refractivity contribution is -0.147. The van der Waals surface area contributed by atoms with Gasteiger partial charge in [0.2, 0.25) is 0 Å². The normalized spacial score (nSPS) is 19.1. The van der Waals surface area contributed by atoms with Crippen molar-refractivity contribution in [2.24, 2.45) is 0 Å². The smallest absolute Gasteiger partial charge is 0.343 e. The lowest BCUT2D eigenvalue weighted by Crippen LogP contribution is -2.30. The Bertz CT molecular complexity index is 266. The second-order valence-corrected chi connectivity index (χ2v) is 2.84. The van der Waals surface area contributed by atoms with Crippen molar-refractivity contribution in [1.82, 2.24) is 0 Å². The van der Waals surface area contributed by atoms with Crippen molar-refractivity contribution < 1.29 is 14.6 Å². The predicted molar refractivity (Wildman–Crippen MR) is 47.8 cm³/mol. The van der Waals surface area contributed by atoms with Crippen LogP contribution in [0.2, 0.25) is 0 Å². The van der Waals surface area contributed by atoms with Gasteiger partial charge in [-0.2, -0.15) is 0 Å². The first kappa shape index (κ1) is 9.58. The minimum Gasteiger partial charge on any atom is -0.507 e. The zero-order valence-corrected chi connectivity index (χ0v) is 7.25. The standard InChI is InChI=1S/C10H11O3/c1-3-5-10(6-4-2)8(11)7-9(12)13-10/h3-4,11H,1-2,5-6H2. The van der Waals surface area contributed by atoms with Gasteiger partial charge in [-0.25, -0.2) is 4.79 Å². The van der Waals surface area contributed by atoms with Gasteiger partial charge in [-0.05, 0) is 0 Å². The van der Waals surface area contributed by atoms with Crippen LogP contribution in [0.4, 0.5) is 0 Å². The van der Waals surface area contributed by atoms with E-state index >= 15 is 0 Å². The lowest BCUT2D eigenvalue weighted by atomic mass is 9.94. The van der Waals surface area contributed by atoms with Crippen LogP contribution in [0.15, 0.2) is 31.1 Å². The molecule has 1 radical (unpaired) electrons. The van der Waals surface area contributed by atoms with Crippen LogP contribution in [-0.2, 0) is 9.53 Å². The summed E-state index contributed by atoms with van der Waals surface area (Å²) in [6, 6.07) is 0. The average Bonchev–Trinajstić information content (AvgIpc) is 2.28. The zero-order valence-electron chi connectivity index (χ0n) is 7.25. The van der Waals surface area contributed by atoms with Crippen molar-refractivity contribution in [3.8, 4) is 0 Å². The first-order chi connectivity index (χ1) is 6.14. The van der Waals surface area contributed by atoms with E-state index in [2.05, 4.69) is 19.2 Å². The summed E-state index contributed by atoms with van der Waals surface area (Å²) in [5.74, 6) is -0.807. The lowest BCUT2D eigenvalue weighted by Gasteiger charge is -2.25. The van der Waals surface area contributed by atoms with Crippen LogP contribution in [0.25, 0.3) is 0 Å². The molecule has 3 heteroatoms. The van der Waals surface area contributed by atoms with E-state index < -0.39 is 11.6 Å². The Hall–Kier alpha value is -1.51. The van der Waals surface area contributed by atoms with E-state index in [4.69, 9.17) is 4.74 Å². The first-order valence-electron chi connectivity index (χ1n) is 3.93. The van der Waals surface area contributed by atoms with Crippen LogP contribution in [-0.4, -0.2) is 16.7 Å². The maximum atomic E-state index is 10.8. The van der Waals surface area contributed by atoms with Crippen LogP contribution >= 0.6 is 0 Å². The zero-order chi connectivity index (χ0) is 9.90. The highest BCUT2D eigenvalue weighted by Crippen LogP contribution is 2.33. The highest BCUT2D eigenvalue weighted by atomic mass is 16.6. The fourth-order valence-corrected chi connectivity index (χ4v) is 1.29. The van der Waals surface area contributed by atoms with Crippen LogP contribution in [0.5, 0.6) is 0 Å². The van der Waals surface area contributed by atoms with Gasteiger partial charge in [-0.15, -0.1) is 13.2 Å². The second kappa shape index (κ2) is 3.47. The van der Waals surface area contributed by atoms with Gasteiger partial charge in [0.15, 0.2) is 11.4 Å². The summed E-state index contributed by atoms with van der Waals surface area (Å²) in [5.41, 5.74) is -0.999. The molecular formula is C10H11O3. The molecule has 0 unspecified atom stereocenters. The quantitative estimate of drug-likeness (QED) is 0.527. The molecule has 0 amide bonds. The molecule has 1 aliphatic heterocycles. The highest BCUT2D eigenvalue weighted by molar-refractivity contribution is 5.81. The SMILES string of the molecule is C=CCC1(CC=C)OC(=O)[C]=C1O. The minimum absolute atomic E-state index is 0.169. The van der Waals surface area contributed by atoms with E-state index in [1.807, 2.05) is 0 Å². The van der Waals surface area contributed by atoms with Gasteiger partial charge in [0.05, 0.1) is 0 Å². The van der Waals surface area contributed by atoms with Crippen molar-refractivity contribution in [3.63, 3.8) is 0 Å². The van der Waals surface area contributed by atoms with E-state index in [0.29, 0.717) is 12.8 Å². The second-order valence-electron chi connectivity index (χ2n) is 2.84. The van der Waals surface area contributed by atoms with Crippen LogP contribution in [0.3, 0.4) is 0 Å². The van der Waals surface area contributed by atoms with Gasteiger partial charge in [0, 0.05) is 12.8 Å². The number of aliphatic hydroxyl groups excluding tert-OH is 1. The van der Waals surface area contributed by atoms with Gasteiger partial charge in [-0.3, -0.25) is 0 Å². The average molecular weight is 179 g/mol. The summed E-state index contributed by atoms with van der Waals surface area (Å²) >= 11 is 0. The maximum absolute atomic E-state index is 10.8. The highest BCUT2D eigenvalue weighted by Gasteiger charge is 2.42. The summed E-state index contributed by atoms with van der Waals surface area (Å²) in [6.07, 6.45) is 6.09. The van der Waals surface area contributed by atoms with Crippen molar-refractivity contribution in [3.05, 3.63) is 37.1 Å². The minimum atomic E-state index is -0.999. The summed E-state index contributed by atoms with van der Waals surface area (Å²) in [5, 5.41) is 9.44. The Kier molecular flexibility index (Phi) is 2.56. The molecule has 0 aromatic rings. The summed E-state index contributed by atoms with van der Waals surface area (Å²) in [6.45, 7) is 7.07. The fraction of sp³-hybridized carbons (Fsp3) is 0.300. The van der Waals surface area contributed by atoms with Crippen LogP contribution in [0.1, 0.15) is 12.8 Å². The molecule has 1 heterocycles. The third kappa shape index (κ3) is 1.64. The molecule has 0 atom stereocenters. The summed E-state index contributed by atoms with van der Waals surface area (Å²) in [4.78, 5) is 10.8. The van der Waals surface area contributed by atoms with Crippen molar-refractivity contribution in [2.75, 3.05) is 0 Å². The number of hydrogen-bond acceptors (Lipinski definition) is 3. The molecule has 0 spiro atoms. The number of hydrogen-bond donors (Lipinski definition) is 1. The van der Waals surface area contributed by atoms with Crippen molar-refractivity contribution >= 4 is 5.97 Å². The number of carbonyl (C=O) groups excluding carboxylic acids is 1. The number of ether oxygens (including phenoxy) is 1. The molecular weight excluding hydrogens is 168 g/mol. The van der Waals surface area contributed by atoms with Gasteiger partial charge in [0.1, 0.15) is 6.08 Å². The third-order valence-corrected chi connectivity index (χ3v) is 1.89. The molecule has 3 nitrogen and oxygen atoms in total. The largest absolute Gasteiger partial charge is 0.507 e. The molecule has 13 heavy (non-hydrogen) atoms. The van der Waals surface area contributed by atoms with Gasteiger partial charge in [-0.1, -0.05) is 12.2 Å². The van der Waals surface area contributed by atoms with Gasteiger partial charge < -0.3 is 9.84 Å². The summed E-state index contributed by atoms with van der Waals surface area (Å²) < 4.78 is 4.96. The van der Waals surface area contributed by atoms with E-state index in [1.165, 1.54) is 0 Å². The van der Waals surface area contributed by atoms with E-state index in [0.717, 1.165) is 0 Å². The van der Waals surface area contributed by atoms with Gasteiger partial charge in [0.25, 0.3) is 0 Å². The monoisotopic (exact) mass is 179 g/mol. The third-order valence-electron chi connectivity index (χ3n) is 1.89. The molecule has 1 rings (SSSR count). The van der Waals surface area contributed by atoms with Gasteiger partial charge >= 0.3 is 5.97 Å². The maximum Gasteiger partial charge on any atom is 0.343 e. The molecule has 0 aromatic heterocycles. The molecule has 69 valence electrons. The van der Waals surface area contributed by atoms with Crippen molar-refractivity contribution in [2.45, 2.75) is 18.4 Å². The number of cyclic esters (lactones) is 1. The topological polar surface area (TPSA) is 46.5 Å². The molecule has 0 saturated heterocycles. The Balaban J connectivity index is 2.91. The summed E-state index contributed by atoms with van der Waals surface area (Å²) in [7, 11) is 0. The molecule has 0 aromatic carbocycles. The molecule has 0 saturated carbocycles. The Labute approximate surface area is 77.0 Å².